The summed E-state index contributed by atoms with van der Waals surface area (Å²) in [6.45, 7) is 9.82. The van der Waals surface area contributed by atoms with E-state index in [1.807, 2.05) is 72.8 Å². The lowest BCUT2D eigenvalue weighted by molar-refractivity contribution is -0.132. The first-order valence-corrected chi connectivity index (χ1v) is 25.7. The van der Waals surface area contributed by atoms with Gasteiger partial charge in [-0.2, -0.15) is 8.78 Å². The lowest BCUT2D eigenvalue weighted by Gasteiger charge is -2.19. The van der Waals surface area contributed by atoms with E-state index in [2.05, 4.69) is 63.4 Å². The van der Waals surface area contributed by atoms with E-state index in [-0.39, 0.29) is 38.7 Å². The van der Waals surface area contributed by atoms with Gasteiger partial charge in [0.2, 0.25) is 38.8 Å². The van der Waals surface area contributed by atoms with Crippen molar-refractivity contribution in [3.63, 3.8) is 0 Å². The highest BCUT2D eigenvalue weighted by Gasteiger charge is 2.18. The summed E-state index contributed by atoms with van der Waals surface area (Å²) < 4.78 is 84.2. The minimum atomic E-state index is -1.16. The van der Waals surface area contributed by atoms with E-state index in [9.17, 15) is 18.4 Å². The fourth-order valence-corrected chi connectivity index (χ4v) is 8.74. The zero-order chi connectivity index (χ0) is 57.0. The molecule has 0 saturated carbocycles. The molecule has 0 aliphatic carbocycles. The number of hydrogen-bond acceptors (Lipinski definition) is 12. The van der Waals surface area contributed by atoms with Crippen LogP contribution in [0.3, 0.4) is 0 Å². The van der Waals surface area contributed by atoms with Crippen molar-refractivity contribution in [2.24, 2.45) is 0 Å². The van der Waals surface area contributed by atoms with Gasteiger partial charge < -0.3 is 47.4 Å². The van der Waals surface area contributed by atoms with E-state index in [1.165, 1.54) is 0 Å². The molecule has 0 unspecified atom stereocenters. The predicted octanol–water partition coefficient (Wildman–Crippen LogP) is 16.0. The molecular formula is C68H52F2O12. The summed E-state index contributed by atoms with van der Waals surface area (Å²) in [6, 6.07) is 63.2. The van der Waals surface area contributed by atoms with Crippen LogP contribution in [-0.2, 0) is 9.59 Å². The van der Waals surface area contributed by atoms with Gasteiger partial charge in [0, 0.05) is 5.56 Å². The smallest absolute Gasteiger partial charge is 0.371 e. The standard InChI is InChI=1S/C68H52F2O12/c1-43-6-33-63-51(35-43)15-34-65(80-42-78-58-30-28-56(29-31-58)76-40-74-54-18-9-48(10-19-54)50-13-22-60(23-14-50)82-68(72)46(4)70)66(63)64-38-61(37-52-36-44(2)5-32-62(52)64)79-41-77-57-26-24-55(25-27-57)75-39-73-53-16-7-47(8-17-53)49-11-20-59(21-12-49)81-67(71)45(3)69/h5-38H,3-4,39-42H2,1-2H3. The molecule has 0 radical (unpaired) electrons. The third kappa shape index (κ3) is 14.0. The number of hydrogen-bond donors (Lipinski definition) is 0. The Hall–Kier alpha value is -10.6. The Bertz CT molecular complexity index is 3900. The average molecular weight is 1100 g/mol. The maximum absolute atomic E-state index is 13.0. The second-order valence-corrected chi connectivity index (χ2v) is 18.6. The van der Waals surface area contributed by atoms with Crippen molar-refractivity contribution in [2.75, 3.05) is 27.2 Å². The molecule has 0 bridgehead atoms. The predicted molar refractivity (Wildman–Crippen MR) is 309 cm³/mol. The van der Waals surface area contributed by atoms with Crippen LogP contribution in [0.4, 0.5) is 8.78 Å². The molecule has 0 amide bonds. The zero-order valence-corrected chi connectivity index (χ0v) is 44.5. The van der Waals surface area contributed by atoms with Crippen molar-refractivity contribution in [3.8, 4) is 90.9 Å². The quantitative estimate of drug-likeness (QED) is 0.0262. The van der Waals surface area contributed by atoms with Crippen molar-refractivity contribution >= 4 is 33.5 Å². The van der Waals surface area contributed by atoms with Gasteiger partial charge in [-0.1, -0.05) is 115 Å². The number of carbonyl (C=O) groups excluding carboxylic acids is 2. The summed E-state index contributed by atoms with van der Waals surface area (Å²) in [5.41, 5.74) is 7.56. The van der Waals surface area contributed by atoms with Crippen LogP contribution in [-0.4, -0.2) is 39.1 Å². The van der Waals surface area contributed by atoms with Crippen molar-refractivity contribution in [2.45, 2.75) is 13.8 Å². The van der Waals surface area contributed by atoms with Gasteiger partial charge in [0.15, 0.2) is 0 Å². The van der Waals surface area contributed by atoms with E-state index in [4.69, 9.17) is 47.4 Å². The first-order valence-electron chi connectivity index (χ1n) is 25.7. The van der Waals surface area contributed by atoms with Gasteiger partial charge in [-0.25, -0.2) is 9.59 Å². The molecule has 0 heterocycles. The molecule has 0 aliphatic heterocycles. The molecule has 10 aromatic carbocycles. The normalized spacial score (nSPS) is 10.8. The van der Waals surface area contributed by atoms with Gasteiger partial charge in [0.05, 0.1) is 0 Å². The molecule has 12 nitrogen and oxygen atoms in total. The van der Waals surface area contributed by atoms with Crippen LogP contribution >= 0.6 is 0 Å². The third-order valence-corrected chi connectivity index (χ3v) is 12.9. The van der Waals surface area contributed by atoms with E-state index in [0.717, 1.165) is 66.1 Å². The molecule has 0 saturated heterocycles. The lowest BCUT2D eigenvalue weighted by Crippen LogP contribution is -2.08. The maximum Gasteiger partial charge on any atom is 0.371 e. The number of halogens is 2. The molecule has 10 aromatic rings. The molecule has 410 valence electrons. The van der Waals surface area contributed by atoms with E-state index in [0.29, 0.717) is 46.0 Å². The van der Waals surface area contributed by atoms with Crippen molar-refractivity contribution in [1.29, 1.82) is 0 Å². The topological polar surface area (TPSA) is 126 Å². The Morgan fingerprint density at radius 1 is 0.341 bits per heavy atom. The summed E-state index contributed by atoms with van der Waals surface area (Å²) in [4.78, 5) is 22.9. The van der Waals surface area contributed by atoms with Gasteiger partial charge in [-0.3, -0.25) is 0 Å². The fourth-order valence-electron chi connectivity index (χ4n) is 8.74. The van der Waals surface area contributed by atoms with Crippen molar-refractivity contribution in [3.05, 3.63) is 242 Å². The largest absolute Gasteiger partial charge is 0.458 e. The first kappa shape index (κ1) is 54.7. The Labute approximate surface area is 471 Å². The highest BCUT2D eigenvalue weighted by molar-refractivity contribution is 6.08. The average Bonchev–Trinajstić information content (AvgIpc) is 3.67. The fraction of sp³-hybridized carbons (Fsp3) is 0.0882. The number of esters is 2. The van der Waals surface area contributed by atoms with Crippen molar-refractivity contribution < 1.29 is 65.7 Å². The van der Waals surface area contributed by atoms with Crippen LogP contribution in [0.15, 0.2) is 231 Å². The second-order valence-electron chi connectivity index (χ2n) is 18.6. The minimum absolute atomic E-state index is 0.0300. The molecule has 0 atom stereocenters. The Kier molecular flexibility index (Phi) is 17.0. The molecular weight excluding hydrogens is 1050 g/mol. The first-order chi connectivity index (χ1) is 39.9. The van der Waals surface area contributed by atoms with E-state index >= 15 is 0 Å². The lowest BCUT2D eigenvalue weighted by atomic mass is 9.91. The monoisotopic (exact) mass is 1100 g/mol. The number of aryl methyl sites for hydroxylation is 2. The molecule has 0 aliphatic rings. The Morgan fingerprint density at radius 2 is 0.671 bits per heavy atom. The molecule has 0 aromatic heterocycles. The molecule has 0 fully saturated rings. The maximum atomic E-state index is 13.0. The SMILES string of the molecule is C=C(F)C(=O)Oc1ccc(-c2ccc(OCOc3ccc(OCOc4cc(-c5c(OCOc6ccc(OCOc7ccc(-c8ccc(OC(=O)C(=C)F)cc8)cc7)cc6)ccc6cc(C)ccc56)c5ccc(C)cc5c4)cc3)cc2)cc1. The summed E-state index contributed by atoms with van der Waals surface area (Å²) in [6.07, 6.45) is 0. The zero-order valence-electron chi connectivity index (χ0n) is 44.5. The van der Waals surface area contributed by atoms with Gasteiger partial charge in [-0.15, -0.1) is 0 Å². The molecule has 0 N–H and O–H groups in total. The Balaban J connectivity index is 0.731. The van der Waals surface area contributed by atoms with Crippen LogP contribution in [0.5, 0.6) is 57.5 Å². The molecule has 0 spiro atoms. The van der Waals surface area contributed by atoms with Crippen LogP contribution in [0, 0.1) is 13.8 Å². The molecule has 10 rings (SSSR count). The molecule has 82 heavy (non-hydrogen) atoms. The second kappa shape index (κ2) is 25.5. The number of rotatable bonds is 23. The highest BCUT2D eigenvalue weighted by Crippen LogP contribution is 2.43. The summed E-state index contributed by atoms with van der Waals surface area (Å²) in [5.74, 6) is 0.590. The summed E-state index contributed by atoms with van der Waals surface area (Å²) in [7, 11) is 0. The van der Waals surface area contributed by atoms with Gasteiger partial charge in [0.1, 0.15) is 57.5 Å². The number of fused-ring (bicyclic) bond motifs is 2. The van der Waals surface area contributed by atoms with E-state index < -0.39 is 23.6 Å². The van der Waals surface area contributed by atoms with Crippen LogP contribution in [0.25, 0.3) is 54.9 Å². The van der Waals surface area contributed by atoms with Crippen molar-refractivity contribution in [1.82, 2.24) is 0 Å². The van der Waals surface area contributed by atoms with Gasteiger partial charge in [-0.05, 0) is 178 Å². The van der Waals surface area contributed by atoms with Crippen LogP contribution in [0.1, 0.15) is 11.1 Å². The summed E-state index contributed by atoms with van der Waals surface area (Å²) >= 11 is 0. The highest BCUT2D eigenvalue weighted by atomic mass is 19.1. The van der Waals surface area contributed by atoms with Crippen LogP contribution < -0.4 is 47.4 Å². The summed E-state index contributed by atoms with van der Waals surface area (Å²) in [5, 5.41) is 4.05. The van der Waals surface area contributed by atoms with Gasteiger partial charge in [0.25, 0.3) is 0 Å². The van der Waals surface area contributed by atoms with E-state index in [1.54, 1.807) is 97.1 Å². The Morgan fingerprint density at radius 3 is 1.06 bits per heavy atom. The number of carbonyl (C=O) groups is 2. The number of ether oxygens (including phenoxy) is 10. The number of benzene rings is 10. The molecule has 14 heteroatoms. The minimum Gasteiger partial charge on any atom is -0.458 e. The van der Waals surface area contributed by atoms with Gasteiger partial charge >= 0.3 is 11.9 Å². The van der Waals surface area contributed by atoms with Crippen LogP contribution in [0.2, 0.25) is 0 Å². The third-order valence-electron chi connectivity index (χ3n) is 12.9.